The van der Waals surface area contributed by atoms with E-state index in [1.807, 2.05) is 0 Å². The van der Waals surface area contributed by atoms with Crippen LogP contribution >= 0.6 is 11.8 Å². The third-order valence-corrected chi connectivity index (χ3v) is 3.86. The van der Waals surface area contributed by atoms with Gasteiger partial charge in [-0.25, -0.2) is 8.78 Å². The van der Waals surface area contributed by atoms with E-state index in [-0.39, 0.29) is 22.3 Å². The number of amides is 1. The Morgan fingerprint density at radius 1 is 1.09 bits per heavy atom. The van der Waals surface area contributed by atoms with Gasteiger partial charge in [-0.3, -0.25) is 9.59 Å². The van der Waals surface area contributed by atoms with Gasteiger partial charge in [0.05, 0.1) is 5.75 Å². The third kappa shape index (κ3) is 4.39. The van der Waals surface area contributed by atoms with Gasteiger partial charge in [0.1, 0.15) is 11.6 Å². The first kappa shape index (κ1) is 16.2. The van der Waals surface area contributed by atoms with Crippen LogP contribution in [0.2, 0.25) is 0 Å². The first-order valence-electron chi connectivity index (χ1n) is 6.44. The number of hydrogen-bond acceptors (Lipinski definition) is 3. The molecular formula is C16H13F2NO2S. The highest BCUT2D eigenvalue weighted by Crippen LogP contribution is 2.22. The van der Waals surface area contributed by atoms with Crippen molar-refractivity contribution in [2.45, 2.75) is 11.8 Å². The van der Waals surface area contributed by atoms with E-state index in [4.69, 9.17) is 0 Å². The lowest BCUT2D eigenvalue weighted by Gasteiger charge is -2.06. The molecule has 0 unspecified atom stereocenters. The normalized spacial score (nSPS) is 10.3. The minimum Gasteiger partial charge on any atom is -0.325 e. The lowest BCUT2D eigenvalue weighted by atomic mass is 10.1. The van der Waals surface area contributed by atoms with Gasteiger partial charge in [0.15, 0.2) is 5.78 Å². The lowest BCUT2D eigenvalue weighted by Crippen LogP contribution is -2.14. The van der Waals surface area contributed by atoms with Gasteiger partial charge >= 0.3 is 0 Å². The Morgan fingerprint density at radius 2 is 1.77 bits per heavy atom. The van der Waals surface area contributed by atoms with E-state index in [1.165, 1.54) is 6.92 Å². The zero-order valence-corrected chi connectivity index (χ0v) is 12.5. The van der Waals surface area contributed by atoms with E-state index in [2.05, 4.69) is 5.32 Å². The Labute approximate surface area is 130 Å². The number of rotatable bonds is 5. The van der Waals surface area contributed by atoms with Crippen LogP contribution in [0.15, 0.2) is 47.4 Å². The quantitative estimate of drug-likeness (QED) is 0.671. The predicted molar refractivity (Wildman–Crippen MR) is 82.2 cm³/mol. The van der Waals surface area contributed by atoms with Crippen LogP contribution in [0.5, 0.6) is 0 Å². The summed E-state index contributed by atoms with van der Waals surface area (Å²) in [6.07, 6.45) is 0. The SMILES string of the molecule is CC(=O)c1ccc(NC(=O)CSc2cc(F)ccc2F)cc1. The van der Waals surface area contributed by atoms with Crippen molar-refractivity contribution in [3.63, 3.8) is 0 Å². The van der Waals surface area contributed by atoms with Crippen LogP contribution in [-0.2, 0) is 4.79 Å². The fourth-order valence-corrected chi connectivity index (χ4v) is 2.48. The van der Waals surface area contributed by atoms with E-state index >= 15 is 0 Å². The molecule has 0 aromatic heterocycles. The van der Waals surface area contributed by atoms with E-state index in [0.29, 0.717) is 11.3 Å². The van der Waals surface area contributed by atoms with Gasteiger partial charge in [0.2, 0.25) is 5.91 Å². The average molecular weight is 321 g/mol. The highest BCUT2D eigenvalue weighted by atomic mass is 32.2. The van der Waals surface area contributed by atoms with Crippen LogP contribution in [0.25, 0.3) is 0 Å². The summed E-state index contributed by atoms with van der Waals surface area (Å²) in [5, 5.41) is 2.63. The van der Waals surface area contributed by atoms with Gasteiger partial charge in [-0.2, -0.15) is 0 Å². The second-order valence-corrected chi connectivity index (χ2v) is 5.56. The molecule has 0 atom stereocenters. The molecule has 0 aliphatic heterocycles. The number of carbonyl (C=O) groups excluding carboxylic acids is 2. The molecular weight excluding hydrogens is 308 g/mol. The van der Waals surface area contributed by atoms with Crippen molar-refractivity contribution in [2.75, 3.05) is 11.1 Å². The second kappa shape index (κ2) is 7.17. The van der Waals surface area contributed by atoms with Crippen molar-refractivity contribution in [1.29, 1.82) is 0 Å². The molecule has 1 amide bonds. The van der Waals surface area contributed by atoms with Gasteiger partial charge in [-0.15, -0.1) is 11.8 Å². The number of halogens is 2. The summed E-state index contributed by atoms with van der Waals surface area (Å²) in [7, 11) is 0. The molecule has 1 N–H and O–H groups in total. The molecule has 0 radical (unpaired) electrons. The number of nitrogens with one attached hydrogen (secondary N) is 1. The molecule has 0 heterocycles. The van der Waals surface area contributed by atoms with Crippen molar-refractivity contribution in [2.24, 2.45) is 0 Å². The lowest BCUT2D eigenvalue weighted by molar-refractivity contribution is -0.113. The topological polar surface area (TPSA) is 46.2 Å². The Kier molecular flexibility index (Phi) is 5.27. The maximum Gasteiger partial charge on any atom is 0.234 e. The first-order chi connectivity index (χ1) is 10.5. The zero-order valence-electron chi connectivity index (χ0n) is 11.7. The fourth-order valence-electron chi connectivity index (χ4n) is 1.72. The summed E-state index contributed by atoms with van der Waals surface area (Å²) in [5.74, 6) is -1.57. The van der Waals surface area contributed by atoms with E-state index in [1.54, 1.807) is 24.3 Å². The van der Waals surface area contributed by atoms with Gasteiger partial charge in [0, 0.05) is 16.1 Å². The monoisotopic (exact) mass is 321 g/mol. The maximum absolute atomic E-state index is 13.4. The number of ketones is 1. The molecule has 0 aliphatic rings. The van der Waals surface area contributed by atoms with Crippen LogP contribution in [-0.4, -0.2) is 17.4 Å². The molecule has 6 heteroatoms. The number of anilines is 1. The molecule has 2 aromatic rings. The van der Waals surface area contributed by atoms with Crippen molar-refractivity contribution in [3.8, 4) is 0 Å². The summed E-state index contributed by atoms with van der Waals surface area (Å²) < 4.78 is 26.4. The van der Waals surface area contributed by atoms with Crippen LogP contribution in [0, 0.1) is 11.6 Å². The molecule has 0 saturated carbocycles. The molecule has 0 aliphatic carbocycles. The Balaban J connectivity index is 1.92. The van der Waals surface area contributed by atoms with Gasteiger partial charge in [-0.05, 0) is 49.4 Å². The molecule has 0 fully saturated rings. The van der Waals surface area contributed by atoms with Crippen LogP contribution in [0.1, 0.15) is 17.3 Å². The van der Waals surface area contributed by atoms with Gasteiger partial charge < -0.3 is 5.32 Å². The molecule has 0 spiro atoms. The highest BCUT2D eigenvalue weighted by molar-refractivity contribution is 8.00. The van der Waals surface area contributed by atoms with Crippen LogP contribution < -0.4 is 5.32 Å². The largest absolute Gasteiger partial charge is 0.325 e. The van der Waals surface area contributed by atoms with E-state index < -0.39 is 11.6 Å². The standard InChI is InChI=1S/C16H13F2NO2S/c1-10(20)11-2-5-13(6-3-11)19-16(21)9-22-15-8-12(17)4-7-14(15)18/h2-8H,9H2,1H3,(H,19,21). The molecule has 3 nitrogen and oxygen atoms in total. The molecule has 2 rings (SSSR count). The van der Waals surface area contributed by atoms with Crippen LogP contribution in [0.4, 0.5) is 14.5 Å². The van der Waals surface area contributed by atoms with Crippen molar-refractivity contribution in [1.82, 2.24) is 0 Å². The molecule has 2 aromatic carbocycles. The van der Waals surface area contributed by atoms with Gasteiger partial charge in [0.25, 0.3) is 0 Å². The first-order valence-corrected chi connectivity index (χ1v) is 7.43. The average Bonchev–Trinajstić information content (AvgIpc) is 2.49. The highest BCUT2D eigenvalue weighted by Gasteiger charge is 2.09. The summed E-state index contributed by atoms with van der Waals surface area (Å²) >= 11 is 0.915. The Hall–Kier alpha value is -2.21. The molecule has 114 valence electrons. The Bertz CT molecular complexity index is 702. The summed E-state index contributed by atoms with van der Waals surface area (Å²) in [4.78, 5) is 23.0. The number of carbonyl (C=O) groups is 2. The molecule has 0 bridgehead atoms. The fraction of sp³-hybridized carbons (Fsp3) is 0.125. The van der Waals surface area contributed by atoms with Gasteiger partial charge in [-0.1, -0.05) is 0 Å². The maximum atomic E-state index is 13.4. The zero-order chi connectivity index (χ0) is 16.1. The van der Waals surface area contributed by atoms with E-state index in [0.717, 1.165) is 30.0 Å². The van der Waals surface area contributed by atoms with Crippen molar-refractivity contribution < 1.29 is 18.4 Å². The number of thioether (sulfide) groups is 1. The van der Waals surface area contributed by atoms with Crippen molar-refractivity contribution in [3.05, 3.63) is 59.7 Å². The van der Waals surface area contributed by atoms with Crippen molar-refractivity contribution >= 4 is 29.1 Å². The number of benzene rings is 2. The smallest absolute Gasteiger partial charge is 0.234 e. The minimum absolute atomic E-state index is 0.0468. The minimum atomic E-state index is -0.565. The number of Topliss-reactive ketones (excluding diaryl/α,β-unsaturated/α-hetero) is 1. The summed E-state index contributed by atoms with van der Waals surface area (Å²) in [6, 6.07) is 9.54. The Morgan fingerprint density at radius 3 is 2.41 bits per heavy atom. The van der Waals surface area contributed by atoms with E-state index in [9.17, 15) is 18.4 Å². The molecule has 0 saturated heterocycles. The summed E-state index contributed by atoms with van der Waals surface area (Å²) in [6.45, 7) is 1.46. The third-order valence-electron chi connectivity index (χ3n) is 2.83. The predicted octanol–water partition coefficient (Wildman–Crippen LogP) is 3.90. The second-order valence-electron chi connectivity index (χ2n) is 4.55. The number of hydrogen-bond donors (Lipinski definition) is 1. The summed E-state index contributed by atoms with van der Waals surface area (Å²) in [5.41, 5.74) is 1.09. The molecule has 22 heavy (non-hydrogen) atoms. The van der Waals surface area contributed by atoms with Crippen LogP contribution in [0.3, 0.4) is 0 Å².